The Balaban J connectivity index is 1.80. The van der Waals surface area contributed by atoms with E-state index in [0.717, 1.165) is 15.9 Å². The summed E-state index contributed by atoms with van der Waals surface area (Å²) in [7, 11) is 1.96. The summed E-state index contributed by atoms with van der Waals surface area (Å²) < 4.78 is 3.16. The molecule has 0 saturated carbocycles. The van der Waals surface area contributed by atoms with Crippen molar-refractivity contribution in [3.8, 4) is 0 Å². The standard InChI is InChI=1S/C20H16N2OS/c1-22-17-12-11-15-9-5-6-10-16(15)19(17)24-20(22)21-18(23)13-14-7-3-2-4-8-14/h2-12H,13H2,1H3. The van der Waals surface area contributed by atoms with E-state index in [-0.39, 0.29) is 5.91 Å². The maximum Gasteiger partial charge on any atom is 0.252 e. The number of carbonyl (C=O) groups excluding carboxylic acids is 1. The lowest BCUT2D eigenvalue weighted by Crippen LogP contribution is -2.14. The maximum absolute atomic E-state index is 12.3. The highest BCUT2D eigenvalue weighted by Gasteiger charge is 2.08. The van der Waals surface area contributed by atoms with Crippen molar-refractivity contribution in [3.63, 3.8) is 0 Å². The molecular formula is C20H16N2OS. The van der Waals surface area contributed by atoms with Crippen LogP contribution in [0.5, 0.6) is 0 Å². The van der Waals surface area contributed by atoms with Crippen molar-refractivity contribution in [1.82, 2.24) is 4.57 Å². The number of aromatic nitrogens is 1. The van der Waals surface area contributed by atoms with Gasteiger partial charge in [0.1, 0.15) is 0 Å². The van der Waals surface area contributed by atoms with Gasteiger partial charge in [-0.2, -0.15) is 4.99 Å². The van der Waals surface area contributed by atoms with E-state index in [1.807, 2.05) is 54.1 Å². The number of nitrogens with zero attached hydrogens (tertiary/aromatic N) is 2. The highest BCUT2D eigenvalue weighted by Crippen LogP contribution is 2.27. The highest BCUT2D eigenvalue weighted by molar-refractivity contribution is 7.17. The molecule has 4 heteroatoms. The van der Waals surface area contributed by atoms with Gasteiger partial charge in [-0.25, -0.2) is 0 Å². The van der Waals surface area contributed by atoms with Crippen LogP contribution in [-0.2, 0) is 18.3 Å². The van der Waals surface area contributed by atoms with Crippen LogP contribution < -0.4 is 4.80 Å². The van der Waals surface area contributed by atoms with Gasteiger partial charge in [-0.3, -0.25) is 4.79 Å². The number of aryl methyl sites for hydroxylation is 1. The van der Waals surface area contributed by atoms with Crippen molar-refractivity contribution in [1.29, 1.82) is 0 Å². The minimum absolute atomic E-state index is 0.118. The Kier molecular flexibility index (Phi) is 3.75. The topological polar surface area (TPSA) is 34.4 Å². The Morgan fingerprint density at radius 2 is 1.75 bits per heavy atom. The third-order valence-electron chi connectivity index (χ3n) is 4.12. The van der Waals surface area contributed by atoms with E-state index in [1.54, 1.807) is 11.3 Å². The van der Waals surface area contributed by atoms with Crippen molar-refractivity contribution >= 4 is 38.2 Å². The fraction of sp³-hybridized carbons (Fsp3) is 0.100. The lowest BCUT2D eigenvalue weighted by Gasteiger charge is -1.99. The Morgan fingerprint density at radius 1 is 1.00 bits per heavy atom. The second kappa shape index (κ2) is 6.06. The molecule has 3 nitrogen and oxygen atoms in total. The SMILES string of the molecule is Cn1c(=NC(=O)Cc2ccccc2)sc2c3ccccc3ccc21. The zero-order chi connectivity index (χ0) is 16.5. The fourth-order valence-corrected chi connectivity index (χ4v) is 4.05. The van der Waals surface area contributed by atoms with Gasteiger partial charge >= 0.3 is 0 Å². The van der Waals surface area contributed by atoms with Crippen molar-refractivity contribution in [3.05, 3.63) is 77.1 Å². The van der Waals surface area contributed by atoms with Crippen molar-refractivity contribution in [2.45, 2.75) is 6.42 Å². The van der Waals surface area contributed by atoms with E-state index in [2.05, 4.69) is 29.3 Å². The number of fused-ring (bicyclic) bond motifs is 3. The second-order valence-corrected chi connectivity index (χ2v) is 6.72. The molecule has 0 unspecified atom stereocenters. The molecule has 3 aromatic carbocycles. The summed E-state index contributed by atoms with van der Waals surface area (Å²) in [6.45, 7) is 0. The van der Waals surface area contributed by atoms with Crippen LogP contribution in [0.3, 0.4) is 0 Å². The van der Waals surface area contributed by atoms with Crippen molar-refractivity contribution in [2.24, 2.45) is 12.0 Å². The second-order valence-electron chi connectivity index (χ2n) is 5.75. The van der Waals surface area contributed by atoms with Gasteiger partial charge in [0.15, 0.2) is 4.80 Å². The molecule has 0 atom stereocenters. The largest absolute Gasteiger partial charge is 0.319 e. The maximum atomic E-state index is 12.3. The molecule has 0 aliphatic carbocycles. The molecule has 0 radical (unpaired) electrons. The van der Waals surface area contributed by atoms with Gasteiger partial charge in [0.25, 0.3) is 5.91 Å². The number of amides is 1. The van der Waals surface area contributed by atoms with E-state index in [9.17, 15) is 4.79 Å². The van der Waals surface area contributed by atoms with Gasteiger partial charge in [-0.05, 0) is 17.0 Å². The summed E-state index contributed by atoms with van der Waals surface area (Å²) in [5.41, 5.74) is 2.09. The molecule has 0 spiro atoms. The van der Waals surface area contributed by atoms with Crippen LogP contribution in [0.25, 0.3) is 21.0 Å². The summed E-state index contributed by atoms with van der Waals surface area (Å²) in [6, 6.07) is 22.2. The number of rotatable bonds is 2. The van der Waals surface area contributed by atoms with E-state index >= 15 is 0 Å². The zero-order valence-electron chi connectivity index (χ0n) is 13.3. The number of benzene rings is 3. The first-order chi connectivity index (χ1) is 11.7. The van der Waals surface area contributed by atoms with E-state index < -0.39 is 0 Å². The van der Waals surface area contributed by atoms with Gasteiger partial charge in [0, 0.05) is 12.4 Å². The first kappa shape index (κ1) is 14.8. The summed E-state index contributed by atoms with van der Waals surface area (Å²) in [6.07, 6.45) is 0.329. The first-order valence-corrected chi connectivity index (χ1v) is 8.63. The molecule has 1 amide bonds. The minimum Gasteiger partial charge on any atom is -0.319 e. The molecule has 4 aromatic rings. The molecule has 24 heavy (non-hydrogen) atoms. The minimum atomic E-state index is -0.118. The zero-order valence-corrected chi connectivity index (χ0v) is 14.1. The van der Waals surface area contributed by atoms with Crippen LogP contribution in [0.4, 0.5) is 0 Å². The Labute approximate surface area is 143 Å². The first-order valence-electron chi connectivity index (χ1n) is 7.81. The summed E-state index contributed by atoms with van der Waals surface area (Å²) >= 11 is 1.57. The Morgan fingerprint density at radius 3 is 2.58 bits per heavy atom. The summed E-state index contributed by atoms with van der Waals surface area (Å²) in [5, 5.41) is 2.40. The van der Waals surface area contributed by atoms with Crippen LogP contribution in [-0.4, -0.2) is 10.5 Å². The number of thiazole rings is 1. The highest BCUT2D eigenvalue weighted by atomic mass is 32.1. The molecule has 0 saturated heterocycles. The predicted molar refractivity (Wildman–Crippen MR) is 99.0 cm³/mol. The van der Waals surface area contributed by atoms with Gasteiger partial charge in [-0.15, -0.1) is 0 Å². The monoisotopic (exact) mass is 332 g/mol. The molecule has 1 heterocycles. The molecule has 118 valence electrons. The van der Waals surface area contributed by atoms with Crippen LogP contribution >= 0.6 is 11.3 Å². The summed E-state index contributed by atoms with van der Waals surface area (Å²) in [4.78, 5) is 17.4. The van der Waals surface area contributed by atoms with Gasteiger partial charge in [0.2, 0.25) is 0 Å². The molecular weight excluding hydrogens is 316 g/mol. The van der Waals surface area contributed by atoms with E-state index in [1.165, 1.54) is 15.5 Å². The number of carbonyl (C=O) groups is 1. The normalized spacial score (nSPS) is 12.1. The van der Waals surface area contributed by atoms with Crippen LogP contribution in [0.15, 0.2) is 71.7 Å². The molecule has 0 N–H and O–H groups in total. The molecule has 0 aliphatic heterocycles. The Bertz CT molecular complexity index is 1110. The molecule has 0 fully saturated rings. The number of hydrogen-bond donors (Lipinski definition) is 0. The van der Waals surface area contributed by atoms with Crippen LogP contribution in [0.1, 0.15) is 5.56 Å². The van der Waals surface area contributed by atoms with Crippen molar-refractivity contribution < 1.29 is 4.79 Å². The number of hydrogen-bond acceptors (Lipinski definition) is 2. The van der Waals surface area contributed by atoms with Crippen LogP contribution in [0.2, 0.25) is 0 Å². The average molecular weight is 332 g/mol. The fourth-order valence-electron chi connectivity index (χ4n) is 2.88. The smallest absolute Gasteiger partial charge is 0.252 e. The molecule has 0 aliphatic rings. The third kappa shape index (κ3) is 2.65. The predicted octanol–water partition coefficient (Wildman–Crippen LogP) is 4.06. The van der Waals surface area contributed by atoms with Crippen LogP contribution in [0, 0.1) is 0 Å². The third-order valence-corrected chi connectivity index (χ3v) is 5.30. The molecule has 1 aromatic heterocycles. The van der Waals surface area contributed by atoms with E-state index in [4.69, 9.17) is 0 Å². The lowest BCUT2D eigenvalue weighted by molar-refractivity contribution is -0.117. The van der Waals surface area contributed by atoms with Gasteiger partial charge in [0.05, 0.1) is 16.6 Å². The van der Waals surface area contributed by atoms with Gasteiger partial charge < -0.3 is 4.57 Å². The van der Waals surface area contributed by atoms with Gasteiger partial charge in [-0.1, -0.05) is 72.0 Å². The quantitative estimate of drug-likeness (QED) is 0.545. The average Bonchev–Trinajstić information content (AvgIpc) is 2.92. The molecule has 4 rings (SSSR count). The van der Waals surface area contributed by atoms with E-state index in [0.29, 0.717) is 6.42 Å². The molecule has 0 bridgehead atoms. The lowest BCUT2D eigenvalue weighted by atomic mass is 10.1. The Hall–Kier alpha value is -2.72. The van der Waals surface area contributed by atoms with Crippen molar-refractivity contribution in [2.75, 3.05) is 0 Å². The summed E-state index contributed by atoms with van der Waals surface area (Å²) in [5.74, 6) is -0.118.